The van der Waals surface area contributed by atoms with Crippen molar-refractivity contribution in [3.8, 4) is 11.1 Å². The second-order valence-corrected chi connectivity index (χ2v) is 4.71. The Balaban J connectivity index is 2.53. The van der Waals surface area contributed by atoms with Gasteiger partial charge in [0.15, 0.2) is 0 Å². The molecule has 0 aliphatic heterocycles. The molecule has 0 aliphatic rings. The van der Waals surface area contributed by atoms with E-state index in [4.69, 9.17) is 0 Å². The predicted octanol–water partition coefficient (Wildman–Crippen LogP) is 4.87. The monoisotopic (exact) mass is 274 g/mol. The molecule has 0 spiro atoms. The minimum absolute atomic E-state index is 0.908. The van der Waals surface area contributed by atoms with Gasteiger partial charge in [0.2, 0.25) is 0 Å². The van der Waals surface area contributed by atoms with Gasteiger partial charge in [-0.15, -0.1) is 0 Å². The second-order valence-electron chi connectivity index (χ2n) is 4.15. The van der Waals surface area contributed by atoms with Crippen molar-refractivity contribution in [1.29, 1.82) is 0 Å². The first kappa shape index (κ1) is 11.4. The number of halogens is 1. The second kappa shape index (κ2) is 4.84. The molecule has 0 aliphatic carbocycles. The predicted molar refractivity (Wildman–Crippen MR) is 74.0 cm³/mol. The first-order chi connectivity index (χ1) is 7.70. The molecule has 1 heteroatoms. The average Bonchev–Trinajstić information content (AvgIpc) is 2.32. The van der Waals surface area contributed by atoms with Crippen LogP contribution in [0.25, 0.3) is 11.1 Å². The largest absolute Gasteiger partial charge is 0.0876 e. The Morgan fingerprint density at radius 2 is 1.81 bits per heavy atom. The van der Waals surface area contributed by atoms with Gasteiger partial charge in [0.05, 0.1) is 0 Å². The van der Waals surface area contributed by atoms with Crippen molar-refractivity contribution in [3.05, 3.63) is 59.2 Å². The molecule has 0 unspecified atom stereocenters. The molecular formula is C15H15Br. The Hall–Kier alpha value is -1.08. The van der Waals surface area contributed by atoms with E-state index in [0.717, 1.165) is 5.33 Å². The quantitative estimate of drug-likeness (QED) is 0.686. The fraction of sp³-hybridized carbons (Fsp3) is 0.200. The zero-order chi connectivity index (χ0) is 11.5. The van der Waals surface area contributed by atoms with Gasteiger partial charge in [-0.05, 0) is 36.1 Å². The van der Waals surface area contributed by atoms with Crippen LogP contribution in [0.2, 0.25) is 0 Å². The maximum absolute atomic E-state index is 3.50. The molecule has 0 radical (unpaired) electrons. The Morgan fingerprint density at radius 1 is 1.00 bits per heavy atom. The lowest BCUT2D eigenvalue weighted by atomic mass is 9.97. The number of aryl methyl sites for hydroxylation is 2. The molecule has 0 fully saturated rings. The molecule has 16 heavy (non-hydrogen) atoms. The van der Waals surface area contributed by atoms with Crippen LogP contribution in [0.3, 0.4) is 0 Å². The molecule has 0 amide bonds. The van der Waals surface area contributed by atoms with Crippen LogP contribution in [0.5, 0.6) is 0 Å². The third kappa shape index (κ3) is 2.35. The minimum Gasteiger partial charge on any atom is -0.0876 e. The summed E-state index contributed by atoms with van der Waals surface area (Å²) in [5.41, 5.74) is 6.60. The van der Waals surface area contributed by atoms with E-state index < -0.39 is 0 Å². The molecule has 2 aromatic carbocycles. The van der Waals surface area contributed by atoms with Gasteiger partial charge in [-0.3, -0.25) is 0 Å². The first-order valence-electron chi connectivity index (χ1n) is 5.43. The van der Waals surface area contributed by atoms with E-state index in [9.17, 15) is 0 Å². The molecule has 82 valence electrons. The lowest BCUT2D eigenvalue weighted by molar-refractivity contribution is 1.37. The third-order valence-electron chi connectivity index (χ3n) is 2.79. The highest BCUT2D eigenvalue weighted by molar-refractivity contribution is 9.08. The lowest BCUT2D eigenvalue weighted by Crippen LogP contribution is -1.86. The van der Waals surface area contributed by atoms with Gasteiger partial charge < -0.3 is 0 Å². The number of alkyl halides is 1. The van der Waals surface area contributed by atoms with E-state index in [2.05, 4.69) is 72.2 Å². The normalized spacial score (nSPS) is 10.4. The molecular weight excluding hydrogens is 260 g/mol. The van der Waals surface area contributed by atoms with Gasteiger partial charge in [-0.1, -0.05) is 64.0 Å². The summed E-state index contributed by atoms with van der Waals surface area (Å²) in [6, 6.07) is 15.3. The fourth-order valence-corrected chi connectivity index (χ4v) is 2.22. The van der Waals surface area contributed by atoms with Crippen molar-refractivity contribution in [2.24, 2.45) is 0 Å². The molecule has 0 saturated carbocycles. The Bertz CT molecular complexity index is 501. The van der Waals surface area contributed by atoms with E-state index >= 15 is 0 Å². The van der Waals surface area contributed by atoms with Crippen LogP contribution in [-0.2, 0) is 5.33 Å². The van der Waals surface area contributed by atoms with Crippen molar-refractivity contribution >= 4 is 15.9 Å². The summed E-state index contributed by atoms with van der Waals surface area (Å²) in [5, 5.41) is 0.908. The summed E-state index contributed by atoms with van der Waals surface area (Å²) in [6.45, 7) is 4.30. The SMILES string of the molecule is Cc1ccc(C)c(-c2cccc(CBr)c2)c1. The Morgan fingerprint density at radius 3 is 2.56 bits per heavy atom. The molecule has 2 rings (SSSR count). The molecule has 0 heterocycles. The van der Waals surface area contributed by atoms with Crippen molar-refractivity contribution in [3.63, 3.8) is 0 Å². The van der Waals surface area contributed by atoms with Gasteiger partial charge in [-0.25, -0.2) is 0 Å². The van der Waals surface area contributed by atoms with Crippen molar-refractivity contribution in [1.82, 2.24) is 0 Å². The smallest absolute Gasteiger partial charge is 0.0283 e. The van der Waals surface area contributed by atoms with Crippen molar-refractivity contribution in [2.45, 2.75) is 19.2 Å². The van der Waals surface area contributed by atoms with Crippen molar-refractivity contribution in [2.75, 3.05) is 0 Å². The van der Waals surface area contributed by atoms with Gasteiger partial charge in [0.25, 0.3) is 0 Å². The van der Waals surface area contributed by atoms with Gasteiger partial charge in [0, 0.05) is 5.33 Å². The van der Waals surface area contributed by atoms with Crippen LogP contribution in [0.15, 0.2) is 42.5 Å². The van der Waals surface area contributed by atoms with E-state index in [1.807, 2.05) is 0 Å². The zero-order valence-corrected chi connectivity index (χ0v) is 11.2. The Kier molecular flexibility index (Phi) is 3.45. The van der Waals surface area contributed by atoms with Crippen LogP contribution < -0.4 is 0 Å². The molecule has 0 atom stereocenters. The summed E-state index contributed by atoms with van der Waals surface area (Å²) in [7, 11) is 0. The van der Waals surface area contributed by atoms with Gasteiger partial charge >= 0.3 is 0 Å². The standard InChI is InChI=1S/C15H15Br/c1-11-6-7-12(2)15(8-11)14-5-3-4-13(9-14)10-16/h3-9H,10H2,1-2H3. The molecule has 0 bridgehead atoms. The van der Waals surface area contributed by atoms with Crippen LogP contribution in [-0.4, -0.2) is 0 Å². The number of hydrogen-bond donors (Lipinski definition) is 0. The summed E-state index contributed by atoms with van der Waals surface area (Å²) in [4.78, 5) is 0. The number of hydrogen-bond acceptors (Lipinski definition) is 0. The van der Waals surface area contributed by atoms with E-state index in [0.29, 0.717) is 0 Å². The molecule has 2 aromatic rings. The van der Waals surface area contributed by atoms with E-state index in [-0.39, 0.29) is 0 Å². The molecule has 0 aromatic heterocycles. The van der Waals surface area contributed by atoms with Crippen LogP contribution in [0, 0.1) is 13.8 Å². The topological polar surface area (TPSA) is 0 Å². The van der Waals surface area contributed by atoms with Crippen LogP contribution in [0.4, 0.5) is 0 Å². The lowest BCUT2D eigenvalue weighted by Gasteiger charge is -2.08. The summed E-state index contributed by atoms with van der Waals surface area (Å²) in [6.07, 6.45) is 0. The first-order valence-corrected chi connectivity index (χ1v) is 6.55. The van der Waals surface area contributed by atoms with E-state index in [1.165, 1.54) is 27.8 Å². The van der Waals surface area contributed by atoms with Crippen molar-refractivity contribution < 1.29 is 0 Å². The third-order valence-corrected chi connectivity index (χ3v) is 3.43. The maximum atomic E-state index is 3.50. The average molecular weight is 275 g/mol. The summed E-state index contributed by atoms with van der Waals surface area (Å²) < 4.78 is 0. The molecule has 0 N–H and O–H groups in total. The summed E-state index contributed by atoms with van der Waals surface area (Å²) >= 11 is 3.50. The number of rotatable bonds is 2. The zero-order valence-electron chi connectivity index (χ0n) is 9.63. The minimum atomic E-state index is 0.908. The van der Waals surface area contributed by atoms with Crippen LogP contribution in [0.1, 0.15) is 16.7 Å². The maximum Gasteiger partial charge on any atom is 0.0283 e. The fourth-order valence-electron chi connectivity index (χ4n) is 1.87. The Labute approximate surface area is 105 Å². The summed E-state index contributed by atoms with van der Waals surface area (Å²) in [5.74, 6) is 0. The van der Waals surface area contributed by atoms with E-state index in [1.54, 1.807) is 0 Å². The number of benzene rings is 2. The highest BCUT2D eigenvalue weighted by Crippen LogP contribution is 2.25. The van der Waals surface area contributed by atoms with Gasteiger partial charge in [0.1, 0.15) is 0 Å². The molecule has 0 nitrogen and oxygen atoms in total. The highest BCUT2D eigenvalue weighted by Gasteiger charge is 2.02. The molecule has 0 saturated heterocycles. The van der Waals surface area contributed by atoms with Crippen LogP contribution >= 0.6 is 15.9 Å². The van der Waals surface area contributed by atoms with Gasteiger partial charge in [-0.2, -0.15) is 0 Å². The highest BCUT2D eigenvalue weighted by atomic mass is 79.9.